The van der Waals surface area contributed by atoms with Gasteiger partial charge in [0, 0.05) is 24.1 Å². The van der Waals surface area contributed by atoms with Crippen molar-refractivity contribution >= 4 is 37.6 Å². The van der Waals surface area contributed by atoms with E-state index in [4.69, 9.17) is 14.7 Å². The maximum absolute atomic E-state index is 5.77. The van der Waals surface area contributed by atoms with E-state index >= 15 is 0 Å². The number of benzene rings is 1. The van der Waals surface area contributed by atoms with Crippen LogP contribution in [0.25, 0.3) is 31.7 Å². The van der Waals surface area contributed by atoms with Gasteiger partial charge in [-0.25, -0.2) is 15.0 Å². The summed E-state index contributed by atoms with van der Waals surface area (Å²) in [5, 5.41) is 4.77. The van der Waals surface area contributed by atoms with E-state index in [1.165, 1.54) is 34.9 Å². The predicted octanol–water partition coefficient (Wildman–Crippen LogP) is 5.38. The minimum atomic E-state index is 0.278. The molecule has 4 aromatic rings. The highest BCUT2D eigenvalue weighted by molar-refractivity contribution is 7.26. The van der Waals surface area contributed by atoms with Crippen molar-refractivity contribution in [2.24, 2.45) is 0 Å². The van der Waals surface area contributed by atoms with E-state index in [9.17, 15) is 0 Å². The first-order valence-corrected chi connectivity index (χ1v) is 11.7. The van der Waals surface area contributed by atoms with Gasteiger partial charge in [0.05, 0.1) is 22.0 Å². The van der Waals surface area contributed by atoms with Crippen LogP contribution in [-0.4, -0.2) is 34.2 Å². The molecule has 6 rings (SSSR count). The van der Waals surface area contributed by atoms with Gasteiger partial charge in [-0.1, -0.05) is 30.3 Å². The summed E-state index contributed by atoms with van der Waals surface area (Å²) in [5.74, 6) is 0.907. The summed E-state index contributed by atoms with van der Waals surface area (Å²) in [7, 11) is 0. The molecular formula is C24H24N4OS. The Morgan fingerprint density at radius 3 is 2.73 bits per heavy atom. The van der Waals surface area contributed by atoms with Crippen molar-refractivity contribution in [3.63, 3.8) is 0 Å². The van der Waals surface area contributed by atoms with Crippen molar-refractivity contribution in [3.8, 4) is 11.3 Å². The number of aromatic nitrogens is 3. The summed E-state index contributed by atoms with van der Waals surface area (Å²) in [6.45, 7) is 1.66. The van der Waals surface area contributed by atoms with Gasteiger partial charge in [-0.05, 0) is 49.7 Å². The largest absolute Gasteiger partial charge is 0.376 e. The summed E-state index contributed by atoms with van der Waals surface area (Å²) in [6, 6.07) is 10.6. The van der Waals surface area contributed by atoms with E-state index in [0.29, 0.717) is 0 Å². The molecule has 1 N–H and O–H groups in total. The Bertz CT molecular complexity index is 1210. The minimum absolute atomic E-state index is 0.278. The lowest BCUT2D eigenvalue weighted by Gasteiger charge is -2.20. The zero-order chi connectivity index (χ0) is 19.9. The molecule has 0 saturated carbocycles. The molecule has 0 bridgehead atoms. The van der Waals surface area contributed by atoms with Crippen LogP contribution in [0.2, 0.25) is 0 Å². The fourth-order valence-electron chi connectivity index (χ4n) is 4.84. The zero-order valence-corrected chi connectivity index (χ0v) is 17.7. The van der Waals surface area contributed by atoms with Crippen molar-refractivity contribution in [1.82, 2.24) is 15.0 Å². The lowest BCUT2D eigenvalue weighted by molar-refractivity contribution is 0.120. The highest BCUT2D eigenvalue weighted by Gasteiger charge is 2.24. The summed E-state index contributed by atoms with van der Waals surface area (Å²) in [6.07, 6.45) is 8.87. The lowest BCUT2D eigenvalue weighted by Crippen LogP contribution is -2.18. The Hall–Kier alpha value is -2.57. The third kappa shape index (κ3) is 3.06. The van der Waals surface area contributed by atoms with Gasteiger partial charge in [0.1, 0.15) is 17.0 Å². The van der Waals surface area contributed by atoms with Gasteiger partial charge < -0.3 is 10.1 Å². The molecular weight excluding hydrogens is 392 g/mol. The Labute approximate surface area is 179 Å². The summed E-state index contributed by atoms with van der Waals surface area (Å²) in [4.78, 5) is 15.5. The van der Waals surface area contributed by atoms with Crippen LogP contribution in [0.5, 0.6) is 0 Å². The normalized spacial score (nSPS) is 18.7. The molecule has 1 aromatic carbocycles. The minimum Gasteiger partial charge on any atom is -0.376 e. The van der Waals surface area contributed by atoms with E-state index in [-0.39, 0.29) is 6.10 Å². The first-order valence-electron chi connectivity index (χ1n) is 10.9. The average molecular weight is 417 g/mol. The van der Waals surface area contributed by atoms with Crippen LogP contribution in [-0.2, 0) is 17.6 Å². The van der Waals surface area contributed by atoms with Gasteiger partial charge in [-0.3, -0.25) is 0 Å². The molecule has 0 spiro atoms. The first kappa shape index (κ1) is 18.2. The number of ether oxygens (including phenoxy) is 1. The topological polar surface area (TPSA) is 59.9 Å². The van der Waals surface area contributed by atoms with Crippen LogP contribution >= 0.6 is 11.3 Å². The molecule has 1 aliphatic carbocycles. The SMILES string of the molecule is c1ccc(-c2nc3sc4c(NC[C@H]5CCCO5)ncnc4c3c3c2CCCC3)cc1. The number of fused-ring (bicyclic) bond motifs is 5. The second-order valence-electron chi connectivity index (χ2n) is 8.19. The molecule has 1 fully saturated rings. The number of hydrogen-bond acceptors (Lipinski definition) is 6. The Morgan fingerprint density at radius 2 is 1.90 bits per heavy atom. The molecule has 0 radical (unpaired) electrons. The van der Waals surface area contributed by atoms with Crippen LogP contribution in [0.4, 0.5) is 5.82 Å². The number of aryl methyl sites for hydroxylation is 1. The monoisotopic (exact) mass is 416 g/mol. The molecule has 4 heterocycles. The van der Waals surface area contributed by atoms with Gasteiger partial charge >= 0.3 is 0 Å². The number of nitrogens with zero attached hydrogens (tertiary/aromatic N) is 3. The molecule has 0 amide bonds. The van der Waals surface area contributed by atoms with E-state index < -0.39 is 0 Å². The maximum Gasteiger partial charge on any atom is 0.147 e. The third-order valence-corrected chi connectivity index (χ3v) is 7.37. The molecule has 2 aliphatic rings. The number of rotatable bonds is 4. The second kappa shape index (κ2) is 7.60. The average Bonchev–Trinajstić information content (AvgIpc) is 3.45. The number of thiophene rings is 1. The molecule has 1 saturated heterocycles. The Morgan fingerprint density at radius 1 is 1.03 bits per heavy atom. The quantitative estimate of drug-likeness (QED) is 0.484. The fraction of sp³-hybridized carbons (Fsp3) is 0.375. The lowest BCUT2D eigenvalue weighted by atomic mass is 9.87. The van der Waals surface area contributed by atoms with Crippen LogP contribution in [0, 0.1) is 0 Å². The highest BCUT2D eigenvalue weighted by Crippen LogP contribution is 2.42. The molecule has 0 unspecified atom stereocenters. The Kier molecular flexibility index (Phi) is 4.61. The summed E-state index contributed by atoms with van der Waals surface area (Å²) >= 11 is 1.71. The number of hydrogen-bond donors (Lipinski definition) is 1. The van der Waals surface area contributed by atoms with Crippen LogP contribution in [0.15, 0.2) is 36.7 Å². The van der Waals surface area contributed by atoms with E-state index in [0.717, 1.165) is 65.4 Å². The standard InChI is InChI=1S/C24H24N4OS/c1-2-7-15(8-3-1)20-18-11-5-4-10-17(18)19-21-22(30-24(19)28-20)23(27-14-26-21)25-13-16-9-6-12-29-16/h1-3,7-8,14,16H,4-6,9-13H2,(H,25,26,27)/t16-/m1/s1. The van der Waals surface area contributed by atoms with Crippen LogP contribution in [0.1, 0.15) is 36.8 Å². The van der Waals surface area contributed by atoms with E-state index in [2.05, 4.69) is 40.6 Å². The molecule has 3 aromatic heterocycles. The van der Waals surface area contributed by atoms with Crippen molar-refractivity contribution in [2.45, 2.75) is 44.6 Å². The third-order valence-electron chi connectivity index (χ3n) is 6.29. The van der Waals surface area contributed by atoms with Gasteiger partial charge in [-0.2, -0.15) is 0 Å². The van der Waals surface area contributed by atoms with Crippen LogP contribution in [0.3, 0.4) is 0 Å². The van der Waals surface area contributed by atoms with Crippen molar-refractivity contribution in [3.05, 3.63) is 47.8 Å². The van der Waals surface area contributed by atoms with Gasteiger partial charge in [0.2, 0.25) is 0 Å². The van der Waals surface area contributed by atoms with Gasteiger partial charge in [0.25, 0.3) is 0 Å². The molecule has 1 atom stereocenters. The van der Waals surface area contributed by atoms with Gasteiger partial charge in [-0.15, -0.1) is 11.3 Å². The number of pyridine rings is 1. The summed E-state index contributed by atoms with van der Waals surface area (Å²) in [5.41, 5.74) is 6.25. The van der Waals surface area contributed by atoms with Crippen molar-refractivity contribution < 1.29 is 4.74 Å². The molecule has 152 valence electrons. The smallest absolute Gasteiger partial charge is 0.147 e. The second-order valence-corrected chi connectivity index (χ2v) is 9.19. The van der Waals surface area contributed by atoms with Gasteiger partial charge in [0.15, 0.2) is 0 Å². The van der Waals surface area contributed by atoms with E-state index in [1.54, 1.807) is 17.7 Å². The predicted molar refractivity (Wildman–Crippen MR) is 122 cm³/mol. The number of anilines is 1. The summed E-state index contributed by atoms with van der Waals surface area (Å²) < 4.78 is 6.88. The highest BCUT2D eigenvalue weighted by atomic mass is 32.1. The molecule has 5 nitrogen and oxygen atoms in total. The zero-order valence-electron chi connectivity index (χ0n) is 16.9. The van der Waals surface area contributed by atoms with E-state index in [1.807, 2.05) is 0 Å². The van der Waals surface area contributed by atoms with Crippen LogP contribution < -0.4 is 5.32 Å². The maximum atomic E-state index is 5.77. The molecule has 6 heteroatoms. The molecule has 1 aliphatic heterocycles. The number of nitrogens with one attached hydrogen (secondary N) is 1. The molecule has 30 heavy (non-hydrogen) atoms. The van der Waals surface area contributed by atoms with Crippen molar-refractivity contribution in [2.75, 3.05) is 18.5 Å². The van der Waals surface area contributed by atoms with Crippen molar-refractivity contribution in [1.29, 1.82) is 0 Å². The first-order chi connectivity index (χ1) is 14.9. The Balaban J connectivity index is 1.52. The fourth-order valence-corrected chi connectivity index (χ4v) is 5.96.